The Labute approximate surface area is 127 Å². The summed E-state index contributed by atoms with van der Waals surface area (Å²) in [7, 11) is 0. The van der Waals surface area contributed by atoms with Crippen molar-refractivity contribution in [1.82, 2.24) is 16.0 Å². The minimum Gasteiger partial charge on any atom is -0.480 e. The molecule has 0 spiro atoms. The second-order valence-corrected chi connectivity index (χ2v) is 4.74. The lowest BCUT2D eigenvalue weighted by atomic mass is 10.2. The summed E-state index contributed by atoms with van der Waals surface area (Å²) in [6, 6.07) is -2.84. The van der Waals surface area contributed by atoms with Crippen molar-refractivity contribution < 1.29 is 24.3 Å². The van der Waals surface area contributed by atoms with Crippen LogP contribution in [-0.2, 0) is 19.2 Å². The van der Waals surface area contributed by atoms with E-state index in [1.165, 1.54) is 13.8 Å². The van der Waals surface area contributed by atoms with Crippen molar-refractivity contribution in [2.45, 2.75) is 32.0 Å². The van der Waals surface area contributed by atoms with Gasteiger partial charge in [-0.1, -0.05) is 0 Å². The van der Waals surface area contributed by atoms with E-state index >= 15 is 0 Å². The summed E-state index contributed by atoms with van der Waals surface area (Å²) in [5, 5.41) is 15.5. The van der Waals surface area contributed by atoms with E-state index < -0.39 is 41.8 Å². The van der Waals surface area contributed by atoms with Crippen LogP contribution in [0.5, 0.6) is 0 Å². The van der Waals surface area contributed by atoms with Crippen molar-refractivity contribution >= 4 is 36.3 Å². The molecule has 0 saturated carbocycles. The summed E-state index contributed by atoms with van der Waals surface area (Å²) in [6.45, 7) is 2.41. The van der Waals surface area contributed by atoms with Crippen LogP contribution in [0, 0.1) is 0 Å². The van der Waals surface area contributed by atoms with Gasteiger partial charge in [-0.25, -0.2) is 0 Å². The first-order valence-corrected chi connectivity index (χ1v) is 6.79. The lowest BCUT2D eigenvalue weighted by Gasteiger charge is -2.18. The standard InChI is InChI=1S/C11H20N4O5S/c1-5(12)9(17)13-3-8(16)15-7(4-21)10(18)14-6(2)11(19)20/h5-7,21H,3-4,12H2,1-2H3,(H,13,17)(H,14,18)(H,15,16)(H,19,20). The van der Waals surface area contributed by atoms with Crippen LogP contribution in [0.4, 0.5) is 0 Å². The summed E-state index contributed by atoms with van der Waals surface area (Å²) in [5.74, 6) is -3.01. The molecule has 0 aromatic carbocycles. The summed E-state index contributed by atoms with van der Waals surface area (Å²) >= 11 is 3.91. The predicted molar refractivity (Wildman–Crippen MR) is 77.7 cm³/mol. The van der Waals surface area contributed by atoms with Crippen molar-refractivity contribution in [1.29, 1.82) is 0 Å². The van der Waals surface area contributed by atoms with Gasteiger partial charge in [0.1, 0.15) is 12.1 Å². The van der Waals surface area contributed by atoms with E-state index in [0.29, 0.717) is 0 Å². The van der Waals surface area contributed by atoms with Crippen LogP contribution in [0.1, 0.15) is 13.8 Å². The number of hydrogen-bond acceptors (Lipinski definition) is 6. The van der Waals surface area contributed by atoms with E-state index in [-0.39, 0.29) is 12.3 Å². The molecular formula is C11H20N4O5S. The number of carboxylic acids is 1. The third-order valence-electron chi connectivity index (χ3n) is 2.40. The molecule has 0 bridgehead atoms. The van der Waals surface area contributed by atoms with Crippen molar-refractivity contribution in [2.75, 3.05) is 12.3 Å². The van der Waals surface area contributed by atoms with Gasteiger partial charge in [0.05, 0.1) is 12.6 Å². The molecular weight excluding hydrogens is 300 g/mol. The number of thiol groups is 1. The van der Waals surface area contributed by atoms with Crippen molar-refractivity contribution in [3.63, 3.8) is 0 Å². The Kier molecular flexibility index (Phi) is 8.39. The maximum absolute atomic E-state index is 11.7. The van der Waals surface area contributed by atoms with Crippen LogP contribution in [0.2, 0.25) is 0 Å². The van der Waals surface area contributed by atoms with Gasteiger partial charge < -0.3 is 26.8 Å². The first-order valence-electron chi connectivity index (χ1n) is 6.15. The third-order valence-corrected chi connectivity index (χ3v) is 2.77. The molecule has 0 aliphatic heterocycles. The lowest BCUT2D eigenvalue weighted by molar-refractivity contribution is -0.141. The fourth-order valence-corrected chi connectivity index (χ4v) is 1.40. The average molecular weight is 320 g/mol. The second kappa shape index (κ2) is 9.19. The Balaban J connectivity index is 4.36. The Bertz CT molecular complexity index is 415. The fourth-order valence-electron chi connectivity index (χ4n) is 1.14. The molecule has 10 heteroatoms. The van der Waals surface area contributed by atoms with Gasteiger partial charge in [-0.2, -0.15) is 12.6 Å². The smallest absolute Gasteiger partial charge is 0.325 e. The van der Waals surface area contributed by atoms with Gasteiger partial charge in [-0.15, -0.1) is 0 Å². The number of carboxylic acid groups (broad SMARTS) is 1. The zero-order chi connectivity index (χ0) is 16.6. The molecule has 0 rings (SSSR count). The number of amides is 3. The highest BCUT2D eigenvalue weighted by atomic mass is 32.1. The van der Waals surface area contributed by atoms with Gasteiger partial charge in [0.15, 0.2) is 0 Å². The largest absolute Gasteiger partial charge is 0.480 e. The van der Waals surface area contributed by atoms with Gasteiger partial charge in [-0.05, 0) is 13.8 Å². The van der Waals surface area contributed by atoms with E-state index in [2.05, 4.69) is 28.6 Å². The first-order chi connectivity index (χ1) is 9.68. The molecule has 6 N–H and O–H groups in total. The molecule has 3 amide bonds. The van der Waals surface area contributed by atoms with E-state index in [4.69, 9.17) is 10.8 Å². The molecule has 9 nitrogen and oxygen atoms in total. The fraction of sp³-hybridized carbons (Fsp3) is 0.636. The maximum atomic E-state index is 11.7. The average Bonchev–Trinajstić information content (AvgIpc) is 2.41. The first kappa shape index (κ1) is 19.2. The van der Waals surface area contributed by atoms with Crippen LogP contribution in [-0.4, -0.2) is 59.2 Å². The number of carbonyl (C=O) groups is 4. The highest BCUT2D eigenvalue weighted by molar-refractivity contribution is 7.80. The quantitative estimate of drug-likeness (QED) is 0.271. The van der Waals surface area contributed by atoms with Crippen LogP contribution in [0.15, 0.2) is 0 Å². The van der Waals surface area contributed by atoms with Gasteiger partial charge in [0.25, 0.3) is 0 Å². The van der Waals surface area contributed by atoms with Gasteiger partial charge >= 0.3 is 5.97 Å². The predicted octanol–water partition coefficient (Wildman–Crippen LogP) is -2.55. The molecule has 0 saturated heterocycles. The SMILES string of the molecule is CC(N)C(=O)NCC(=O)NC(CS)C(=O)NC(C)C(=O)O. The molecule has 0 aliphatic carbocycles. The molecule has 0 aliphatic rings. The van der Waals surface area contributed by atoms with Gasteiger partial charge in [0.2, 0.25) is 17.7 Å². The van der Waals surface area contributed by atoms with E-state index in [9.17, 15) is 19.2 Å². The Morgan fingerprint density at radius 1 is 1.14 bits per heavy atom. The summed E-state index contributed by atoms with van der Waals surface area (Å²) in [5.41, 5.74) is 5.31. The second-order valence-electron chi connectivity index (χ2n) is 4.38. The lowest BCUT2D eigenvalue weighted by Crippen LogP contribution is -2.53. The zero-order valence-corrected chi connectivity index (χ0v) is 12.6. The molecule has 21 heavy (non-hydrogen) atoms. The highest BCUT2D eigenvalue weighted by Gasteiger charge is 2.23. The maximum Gasteiger partial charge on any atom is 0.325 e. The minimum absolute atomic E-state index is 0.0227. The van der Waals surface area contributed by atoms with Crippen LogP contribution < -0.4 is 21.7 Å². The molecule has 0 heterocycles. The van der Waals surface area contributed by atoms with E-state index in [0.717, 1.165) is 0 Å². The van der Waals surface area contributed by atoms with Crippen molar-refractivity contribution in [3.05, 3.63) is 0 Å². The Morgan fingerprint density at radius 2 is 1.71 bits per heavy atom. The number of carbonyl (C=O) groups excluding carboxylic acids is 3. The minimum atomic E-state index is -1.20. The molecule has 120 valence electrons. The summed E-state index contributed by atoms with van der Waals surface area (Å²) in [4.78, 5) is 45.1. The highest BCUT2D eigenvalue weighted by Crippen LogP contribution is 1.91. The van der Waals surface area contributed by atoms with Crippen LogP contribution >= 0.6 is 12.6 Å². The van der Waals surface area contributed by atoms with Crippen molar-refractivity contribution in [3.8, 4) is 0 Å². The molecule has 0 radical (unpaired) electrons. The molecule has 0 aromatic rings. The van der Waals surface area contributed by atoms with Gasteiger partial charge in [-0.3, -0.25) is 19.2 Å². The zero-order valence-electron chi connectivity index (χ0n) is 11.8. The number of aliphatic carboxylic acids is 1. The van der Waals surface area contributed by atoms with Crippen LogP contribution in [0.3, 0.4) is 0 Å². The van der Waals surface area contributed by atoms with Crippen LogP contribution in [0.25, 0.3) is 0 Å². The van der Waals surface area contributed by atoms with Crippen molar-refractivity contribution in [2.24, 2.45) is 5.73 Å². The molecule has 0 fully saturated rings. The Morgan fingerprint density at radius 3 is 2.14 bits per heavy atom. The third kappa shape index (κ3) is 7.51. The molecule has 3 unspecified atom stereocenters. The normalized spacial score (nSPS) is 14.5. The Hall–Kier alpha value is -1.81. The molecule has 3 atom stereocenters. The number of hydrogen-bond donors (Lipinski definition) is 6. The van der Waals surface area contributed by atoms with Gasteiger partial charge in [0, 0.05) is 5.75 Å². The number of nitrogens with one attached hydrogen (secondary N) is 3. The monoisotopic (exact) mass is 320 g/mol. The van der Waals surface area contributed by atoms with E-state index in [1.807, 2.05) is 0 Å². The van der Waals surface area contributed by atoms with E-state index in [1.54, 1.807) is 0 Å². The summed E-state index contributed by atoms with van der Waals surface area (Å²) < 4.78 is 0. The summed E-state index contributed by atoms with van der Waals surface area (Å²) in [6.07, 6.45) is 0. The molecule has 0 aromatic heterocycles. The number of nitrogens with two attached hydrogens (primary N) is 1. The topological polar surface area (TPSA) is 151 Å². The number of rotatable bonds is 8.